The topological polar surface area (TPSA) is 108 Å². The Morgan fingerprint density at radius 1 is 1.13 bits per heavy atom. The summed E-state index contributed by atoms with van der Waals surface area (Å²) in [6.45, 7) is 11.3. The van der Waals surface area contributed by atoms with Gasteiger partial charge in [-0.3, -0.25) is 10.2 Å². The number of pyridine rings is 1. The van der Waals surface area contributed by atoms with Crippen molar-refractivity contribution in [2.24, 2.45) is 0 Å². The number of nitrogen functional groups attached to an aromatic ring is 1. The van der Waals surface area contributed by atoms with Gasteiger partial charge in [-0.25, -0.2) is 4.98 Å². The van der Waals surface area contributed by atoms with Crippen molar-refractivity contribution in [1.82, 2.24) is 15.3 Å². The van der Waals surface area contributed by atoms with E-state index in [0.29, 0.717) is 22.0 Å². The largest absolute Gasteiger partial charge is 0.383 e. The molecule has 6 nitrogen and oxygen atoms in total. The molecule has 5 N–H and O–H groups in total. The first-order valence-corrected chi connectivity index (χ1v) is 13.5. The summed E-state index contributed by atoms with van der Waals surface area (Å²) in [7, 11) is 0. The highest BCUT2D eigenvalue weighted by Crippen LogP contribution is 2.34. The van der Waals surface area contributed by atoms with Gasteiger partial charge in [-0.15, -0.1) is 11.3 Å². The van der Waals surface area contributed by atoms with Crippen LogP contribution < -0.4 is 11.1 Å². The van der Waals surface area contributed by atoms with E-state index >= 15 is 0 Å². The fourth-order valence-corrected chi connectivity index (χ4v) is 5.30. The molecule has 0 fully saturated rings. The molecule has 0 bridgehead atoms. The number of H-pyrrole nitrogens is 1. The molecule has 0 saturated carbocycles. The minimum atomic E-state index is 0.0430. The number of aryl methyl sites for hydroxylation is 1. The van der Waals surface area contributed by atoms with Gasteiger partial charge in [0.2, 0.25) is 0 Å². The van der Waals surface area contributed by atoms with Crippen LogP contribution >= 0.6 is 11.3 Å². The number of hydrogen-bond donors (Lipinski definition) is 4. The molecule has 4 rings (SSSR count). The minimum Gasteiger partial charge on any atom is -0.383 e. The van der Waals surface area contributed by atoms with E-state index < -0.39 is 0 Å². The van der Waals surface area contributed by atoms with E-state index in [1.54, 1.807) is 19.2 Å². The number of anilines is 1. The highest BCUT2D eigenvalue weighted by Gasteiger charge is 2.19. The van der Waals surface area contributed by atoms with Crippen LogP contribution in [0.25, 0.3) is 16.7 Å². The molecule has 0 aliphatic rings. The van der Waals surface area contributed by atoms with Crippen molar-refractivity contribution >= 4 is 34.2 Å². The van der Waals surface area contributed by atoms with Crippen molar-refractivity contribution in [3.05, 3.63) is 111 Å². The summed E-state index contributed by atoms with van der Waals surface area (Å²) in [5.74, 6) is 0.351. The monoisotopic (exact) mass is 523 g/mol. The van der Waals surface area contributed by atoms with Crippen molar-refractivity contribution < 1.29 is 4.79 Å². The number of aromatic amines is 1. The number of Topliss-reactive ketones (excluding diaryl/α,β-unsaturated/α-hetero) is 1. The molecule has 0 amide bonds. The Labute approximate surface area is 227 Å². The van der Waals surface area contributed by atoms with Crippen LogP contribution in [-0.4, -0.2) is 28.0 Å². The van der Waals surface area contributed by atoms with Crippen molar-refractivity contribution in [3.63, 3.8) is 0 Å². The lowest BCUT2D eigenvalue weighted by atomic mass is 9.99. The Morgan fingerprint density at radius 3 is 2.61 bits per heavy atom. The molecule has 0 spiro atoms. The van der Waals surface area contributed by atoms with Crippen LogP contribution in [0, 0.1) is 5.41 Å². The Kier molecular flexibility index (Phi) is 8.51. The molecule has 0 aliphatic heterocycles. The van der Waals surface area contributed by atoms with E-state index in [1.807, 2.05) is 42.5 Å². The molecule has 0 atom stereocenters. The van der Waals surface area contributed by atoms with E-state index in [2.05, 4.69) is 47.8 Å². The standard InChI is InChI=1S/C31H33N5OS/c1-5-9-23(29-13-12-28(38-29)19(4)37)24-16-27(36-26(24)6-2)30(32)25-15-22(18-35-31(25)33)21-11-8-10-20(14-21)17-34-7-3/h5,8-16,18,32,34,36H,1,6-7,17H2,2-4H3,(H2,33,35)/b23-9+,32-30?. The van der Waals surface area contributed by atoms with Crippen LogP contribution in [0.15, 0.2) is 73.5 Å². The quantitative estimate of drug-likeness (QED) is 0.101. The maximum absolute atomic E-state index is 11.9. The molecule has 0 radical (unpaired) electrons. The molecule has 38 heavy (non-hydrogen) atoms. The van der Waals surface area contributed by atoms with Crippen molar-refractivity contribution in [2.45, 2.75) is 33.7 Å². The summed E-state index contributed by atoms with van der Waals surface area (Å²) in [4.78, 5) is 21.4. The zero-order valence-corrected chi connectivity index (χ0v) is 22.8. The summed E-state index contributed by atoms with van der Waals surface area (Å²) in [5, 5.41) is 12.4. The number of ketones is 1. The fourth-order valence-electron chi connectivity index (χ4n) is 4.35. The first-order valence-electron chi connectivity index (χ1n) is 12.7. The summed E-state index contributed by atoms with van der Waals surface area (Å²) >= 11 is 1.46. The van der Waals surface area contributed by atoms with Gasteiger partial charge in [-0.2, -0.15) is 0 Å². The number of rotatable bonds is 11. The maximum atomic E-state index is 11.9. The SMILES string of the molecule is C=C/C=C(/c1ccc(C(C)=O)s1)c1cc(C(=N)c2cc(-c3cccc(CNCC)c3)cnc2N)[nH]c1CC. The van der Waals surface area contributed by atoms with Gasteiger partial charge in [0, 0.05) is 45.6 Å². The van der Waals surface area contributed by atoms with Gasteiger partial charge in [0.15, 0.2) is 5.78 Å². The van der Waals surface area contributed by atoms with E-state index in [0.717, 1.165) is 52.3 Å². The van der Waals surface area contributed by atoms with Crippen molar-refractivity contribution in [2.75, 3.05) is 12.3 Å². The molecule has 4 aromatic rings. The number of allylic oxidation sites excluding steroid dienone is 2. The lowest BCUT2D eigenvalue weighted by molar-refractivity contribution is 0.102. The molecule has 0 saturated heterocycles. The number of hydrogen-bond acceptors (Lipinski definition) is 6. The van der Waals surface area contributed by atoms with Gasteiger partial charge in [-0.1, -0.05) is 50.8 Å². The smallest absolute Gasteiger partial charge is 0.169 e. The number of carbonyl (C=O) groups is 1. The third-order valence-electron chi connectivity index (χ3n) is 6.34. The summed E-state index contributed by atoms with van der Waals surface area (Å²) < 4.78 is 0. The number of thiophene rings is 1. The predicted molar refractivity (Wildman–Crippen MR) is 159 cm³/mol. The highest BCUT2D eigenvalue weighted by molar-refractivity contribution is 7.15. The second-order valence-electron chi connectivity index (χ2n) is 8.98. The van der Waals surface area contributed by atoms with Crippen molar-refractivity contribution in [3.8, 4) is 11.1 Å². The number of nitrogens with two attached hydrogens (primary N) is 1. The average molecular weight is 524 g/mol. The van der Waals surface area contributed by atoms with Crippen LogP contribution in [0.3, 0.4) is 0 Å². The molecule has 0 aliphatic carbocycles. The fraction of sp³-hybridized carbons (Fsp3) is 0.194. The van der Waals surface area contributed by atoms with Crippen LogP contribution in [-0.2, 0) is 13.0 Å². The van der Waals surface area contributed by atoms with Crippen LogP contribution in [0.2, 0.25) is 0 Å². The van der Waals surface area contributed by atoms with Gasteiger partial charge < -0.3 is 16.0 Å². The Bertz CT molecular complexity index is 1520. The van der Waals surface area contributed by atoms with Gasteiger partial charge >= 0.3 is 0 Å². The van der Waals surface area contributed by atoms with Crippen LogP contribution in [0.5, 0.6) is 0 Å². The molecule has 3 aromatic heterocycles. The third-order valence-corrected chi connectivity index (χ3v) is 7.56. The second kappa shape index (κ2) is 12.0. The molecular weight excluding hydrogens is 490 g/mol. The number of aromatic nitrogens is 2. The number of nitrogens with one attached hydrogen (secondary N) is 3. The van der Waals surface area contributed by atoms with E-state index in [1.165, 1.54) is 16.9 Å². The zero-order chi connectivity index (χ0) is 27.2. The third kappa shape index (κ3) is 5.74. The molecule has 3 heterocycles. The summed E-state index contributed by atoms with van der Waals surface area (Å²) in [6, 6.07) is 16.0. The number of carbonyl (C=O) groups excluding carboxylic acids is 1. The minimum absolute atomic E-state index is 0.0430. The average Bonchev–Trinajstić information content (AvgIpc) is 3.59. The number of benzene rings is 1. The normalized spacial score (nSPS) is 11.5. The first-order chi connectivity index (χ1) is 18.4. The van der Waals surface area contributed by atoms with Gasteiger partial charge in [0.25, 0.3) is 0 Å². The molecule has 0 unspecified atom stereocenters. The van der Waals surface area contributed by atoms with E-state index in [4.69, 9.17) is 11.1 Å². The lowest BCUT2D eigenvalue weighted by Crippen LogP contribution is -2.11. The molecular formula is C31H33N5OS. The summed E-state index contributed by atoms with van der Waals surface area (Å²) in [6.07, 6.45) is 6.19. The Hall–Kier alpha value is -4.07. The maximum Gasteiger partial charge on any atom is 0.169 e. The first kappa shape index (κ1) is 27.0. The molecule has 194 valence electrons. The van der Waals surface area contributed by atoms with E-state index in [-0.39, 0.29) is 11.5 Å². The number of nitrogens with zero attached hydrogens (tertiary/aromatic N) is 1. The van der Waals surface area contributed by atoms with Crippen LogP contribution in [0.4, 0.5) is 5.82 Å². The van der Waals surface area contributed by atoms with Gasteiger partial charge in [0.1, 0.15) is 5.82 Å². The molecule has 1 aromatic carbocycles. The second-order valence-corrected chi connectivity index (χ2v) is 10.1. The van der Waals surface area contributed by atoms with Gasteiger partial charge in [0.05, 0.1) is 16.3 Å². The zero-order valence-electron chi connectivity index (χ0n) is 22.0. The van der Waals surface area contributed by atoms with Crippen molar-refractivity contribution in [1.29, 1.82) is 5.41 Å². The highest BCUT2D eigenvalue weighted by atomic mass is 32.1. The molecule has 7 heteroatoms. The lowest BCUT2D eigenvalue weighted by Gasteiger charge is -2.10. The van der Waals surface area contributed by atoms with Crippen LogP contribution in [0.1, 0.15) is 63.4 Å². The Balaban J connectivity index is 1.72. The predicted octanol–water partition coefficient (Wildman–Crippen LogP) is 6.63. The van der Waals surface area contributed by atoms with Gasteiger partial charge in [-0.05, 0) is 61.3 Å². The summed E-state index contributed by atoms with van der Waals surface area (Å²) in [5.41, 5.74) is 13.8. The van der Waals surface area contributed by atoms with E-state index in [9.17, 15) is 4.79 Å². The Morgan fingerprint density at radius 2 is 1.92 bits per heavy atom.